The van der Waals surface area contributed by atoms with Gasteiger partial charge in [0.1, 0.15) is 0 Å². The summed E-state index contributed by atoms with van der Waals surface area (Å²) in [6.07, 6.45) is 4.47. The zero-order valence-corrected chi connectivity index (χ0v) is 16.7. The normalized spacial score (nSPS) is 21.4. The first-order valence-electron chi connectivity index (χ1n) is 10.1. The van der Waals surface area contributed by atoms with Gasteiger partial charge in [0, 0.05) is 36.4 Å². The molecule has 0 spiro atoms. The Morgan fingerprint density at radius 1 is 1.22 bits per heavy atom. The topological polar surface area (TPSA) is 73.5 Å². The van der Waals surface area contributed by atoms with E-state index in [1.54, 1.807) is 0 Å². The summed E-state index contributed by atoms with van der Waals surface area (Å²) in [6.45, 7) is 9.23. The monoisotopic (exact) mass is 372 g/mol. The number of hydrogen-bond donors (Lipinski definition) is 3. The summed E-state index contributed by atoms with van der Waals surface area (Å²) >= 11 is 0. The average Bonchev–Trinajstić information content (AvgIpc) is 3.48. The highest BCUT2D eigenvalue weighted by Crippen LogP contribution is 2.30. The van der Waals surface area contributed by atoms with Gasteiger partial charge in [0.05, 0.1) is 0 Å². The molecule has 3 N–H and O–H groups in total. The van der Waals surface area contributed by atoms with Crippen molar-refractivity contribution in [2.75, 3.05) is 30.3 Å². The predicted molar refractivity (Wildman–Crippen MR) is 109 cm³/mol. The van der Waals surface area contributed by atoms with Crippen LogP contribution in [0.15, 0.2) is 18.2 Å². The largest absolute Gasteiger partial charge is 0.336 e. The van der Waals surface area contributed by atoms with Gasteiger partial charge in [-0.25, -0.2) is 4.79 Å². The Balaban J connectivity index is 1.50. The summed E-state index contributed by atoms with van der Waals surface area (Å²) in [7, 11) is 0. The molecule has 2 aliphatic rings. The van der Waals surface area contributed by atoms with Crippen LogP contribution in [0.5, 0.6) is 0 Å². The molecule has 27 heavy (non-hydrogen) atoms. The van der Waals surface area contributed by atoms with Crippen LogP contribution in [0.3, 0.4) is 0 Å². The van der Waals surface area contributed by atoms with Crippen LogP contribution in [0.2, 0.25) is 0 Å². The Hall–Kier alpha value is -2.08. The average molecular weight is 373 g/mol. The predicted octanol–water partition coefficient (Wildman–Crippen LogP) is 3.59. The van der Waals surface area contributed by atoms with Crippen molar-refractivity contribution in [1.29, 1.82) is 0 Å². The molecule has 0 unspecified atom stereocenters. The van der Waals surface area contributed by atoms with E-state index >= 15 is 0 Å². The lowest BCUT2D eigenvalue weighted by Gasteiger charge is -2.35. The second kappa shape index (κ2) is 8.74. The molecule has 1 aliphatic heterocycles. The lowest BCUT2D eigenvalue weighted by Crippen LogP contribution is -2.47. The number of rotatable bonds is 6. The number of carbonyl (C=O) groups excluding carboxylic acids is 2. The molecule has 0 radical (unpaired) electrons. The van der Waals surface area contributed by atoms with Crippen LogP contribution in [-0.4, -0.2) is 42.5 Å². The molecule has 1 aromatic rings. The van der Waals surface area contributed by atoms with Gasteiger partial charge in [-0.3, -0.25) is 9.69 Å². The number of urea groups is 1. The van der Waals surface area contributed by atoms with Gasteiger partial charge in [0.2, 0.25) is 5.91 Å². The number of aryl methyl sites for hydroxylation is 1. The molecule has 2 fully saturated rings. The van der Waals surface area contributed by atoms with E-state index in [0.29, 0.717) is 12.6 Å². The summed E-state index contributed by atoms with van der Waals surface area (Å²) < 4.78 is 0. The minimum atomic E-state index is -0.208. The van der Waals surface area contributed by atoms with Gasteiger partial charge >= 0.3 is 6.03 Å². The van der Waals surface area contributed by atoms with Crippen LogP contribution in [-0.2, 0) is 4.79 Å². The van der Waals surface area contributed by atoms with Gasteiger partial charge in [-0.2, -0.15) is 0 Å². The summed E-state index contributed by atoms with van der Waals surface area (Å²) in [4.78, 5) is 26.7. The van der Waals surface area contributed by atoms with Crippen molar-refractivity contribution in [1.82, 2.24) is 10.2 Å². The SMILES string of the molecule is Cc1ccc(NC(=O)C2CC2)cc1NC(=O)NC[C@H](C)N1CCC[C@@H](C)C1. The third kappa shape index (κ3) is 5.70. The van der Waals surface area contributed by atoms with Crippen molar-refractivity contribution < 1.29 is 9.59 Å². The minimum Gasteiger partial charge on any atom is -0.336 e. The van der Waals surface area contributed by atoms with Crippen molar-refractivity contribution in [3.05, 3.63) is 23.8 Å². The molecule has 148 valence electrons. The van der Waals surface area contributed by atoms with Crippen LogP contribution >= 0.6 is 0 Å². The fourth-order valence-corrected chi connectivity index (χ4v) is 3.59. The Kier molecular flexibility index (Phi) is 6.37. The molecule has 2 atom stereocenters. The van der Waals surface area contributed by atoms with E-state index in [9.17, 15) is 9.59 Å². The number of hydrogen-bond acceptors (Lipinski definition) is 3. The van der Waals surface area contributed by atoms with Crippen LogP contribution in [0.4, 0.5) is 16.2 Å². The smallest absolute Gasteiger partial charge is 0.319 e. The van der Waals surface area contributed by atoms with Crippen molar-refractivity contribution in [2.24, 2.45) is 11.8 Å². The molecule has 0 bridgehead atoms. The molecule has 1 heterocycles. The number of likely N-dealkylation sites (tertiary alicyclic amines) is 1. The third-order valence-electron chi connectivity index (χ3n) is 5.57. The first-order chi connectivity index (χ1) is 12.9. The van der Waals surface area contributed by atoms with Gasteiger partial charge in [-0.05, 0) is 69.7 Å². The molecule has 1 saturated carbocycles. The van der Waals surface area contributed by atoms with Crippen molar-refractivity contribution >= 4 is 23.3 Å². The van der Waals surface area contributed by atoms with Gasteiger partial charge in [-0.15, -0.1) is 0 Å². The van der Waals surface area contributed by atoms with E-state index in [4.69, 9.17) is 0 Å². The van der Waals surface area contributed by atoms with Crippen LogP contribution in [0.1, 0.15) is 45.1 Å². The first-order valence-corrected chi connectivity index (χ1v) is 10.1. The van der Waals surface area contributed by atoms with Crippen LogP contribution in [0, 0.1) is 18.8 Å². The quantitative estimate of drug-likeness (QED) is 0.714. The summed E-state index contributed by atoms with van der Waals surface area (Å²) in [5, 5.41) is 8.82. The Morgan fingerprint density at radius 3 is 2.70 bits per heavy atom. The molecule has 1 saturated heterocycles. The molecule has 3 amide bonds. The number of anilines is 2. The molecule has 6 heteroatoms. The highest BCUT2D eigenvalue weighted by atomic mass is 16.2. The van der Waals surface area contributed by atoms with Crippen LogP contribution < -0.4 is 16.0 Å². The molecular formula is C21H32N4O2. The van der Waals surface area contributed by atoms with E-state index in [1.165, 1.54) is 12.8 Å². The Bertz CT molecular complexity index is 687. The Labute approximate surface area is 162 Å². The van der Waals surface area contributed by atoms with Crippen LogP contribution in [0.25, 0.3) is 0 Å². The van der Waals surface area contributed by atoms with E-state index < -0.39 is 0 Å². The number of carbonyl (C=O) groups is 2. The summed E-state index contributed by atoms with van der Waals surface area (Å²) in [5.41, 5.74) is 2.41. The van der Waals surface area contributed by atoms with E-state index in [-0.39, 0.29) is 17.9 Å². The zero-order chi connectivity index (χ0) is 19.4. The maximum atomic E-state index is 12.3. The second-order valence-corrected chi connectivity index (χ2v) is 8.22. The number of nitrogens with zero attached hydrogens (tertiary/aromatic N) is 1. The Morgan fingerprint density at radius 2 is 2.00 bits per heavy atom. The summed E-state index contributed by atoms with van der Waals surface area (Å²) in [5.74, 6) is 0.954. The van der Waals surface area contributed by atoms with Gasteiger partial charge in [-0.1, -0.05) is 13.0 Å². The molecular weight excluding hydrogens is 340 g/mol. The lowest BCUT2D eigenvalue weighted by atomic mass is 9.99. The van der Waals surface area contributed by atoms with Crippen molar-refractivity contribution in [3.8, 4) is 0 Å². The van der Waals surface area contributed by atoms with Crippen molar-refractivity contribution in [3.63, 3.8) is 0 Å². The fourth-order valence-electron chi connectivity index (χ4n) is 3.59. The maximum Gasteiger partial charge on any atom is 0.319 e. The van der Waals surface area contributed by atoms with E-state index in [0.717, 1.165) is 48.8 Å². The number of benzene rings is 1. The zero-order valence-electron chi connectivity index (χ0n) is 16.7. The maximum absolute atomic E-state index is 12.3. The third-order valence-corrected chi connectivity index (χ3v) is 5.57. The number of nitrogens with one attached hydrogen (secondary N) is 3. The number of piperidine rings is 1. The lowest BCUT2D eigenvalue weighted by molar-refractivity contribution is -0.117. The highest BCUT2D eigenvalue weighted by molar-refractivity contribution is 5.96. The minimum absolute atomic E-state index is 0.0684. The van der Waals surface area contributed by atoms with E-state index in [2.05, 4.69) is 34.7 Å². The fraction of sp³-hybridized carbons (Fsp3) is 0.619. The van der Waals surface area contributed by atoms with Gasteiger partial charge < -0.3 is 16.0 Å². The molecule has 1 aromatic carbocycles. The molecule has 0 aromatic heterocycles. The molecule has 1 aliphatic carbocycles. The van der Waals surface area contributed by atoms with Gasteiger partial charge in [0.15, 0.2) is 0 Å². The highest BCUT2D eigenvalue weighted by Gasteiger charge is 2.29. The summed E-state index contributed by atoms with van der Waals surface area (Å²) in [6, 6.07) is 5.73. The molecule has 3 rings (SSSR count). The van der Waals surface area contributed by atoms with Gasteiger partial charge in [0.25, 0.3) is 0 Å². The number of amides is 3. The van der Waals surface area contributed by atoms with E-state index in [1.807, 2.05) is 25.1 Å². The first kappa shape index (κ1) is 19.7. The standard InChI is InChI=1S/C21H32N4O2/c1-14-5-4-10-25(13-14)16(3)12-22-21(27)24-19-11-18(9-6-15(19)2)23-20(26)17-7-8-17/h6,9,11,14,16-17H,4-5,7-8,10,12-13H2,1-3H3,(H,23,26)(H2,22,24,27)/t14-,16+/m1/s1. The second-order valence-electron chi connectivity index (χ2n) is 8.22. The molecule has 6 nitrogen and oxygen atoms in total. The van der Waals surface area contributed by atoms with Crippen molar-refractivity contribution in [2.45, 2.75) is 52.5 Å².